The van der Waals surface area contributed by atoms with Crippen LogP contribution in [0.15, 0.2) is 12.1 Å². The van der Waals surface area contributed by atoms with Crippen molar-refractivity contribution in [1.29, 1.82) is 0 Å². The van der Waals surface area contributed by atoms with Crippen LogP contribution >= 0.6 is 0 Å². The van der Waals surface area contributed by atoms with Gasteiger partial charge in [0.25, 0.3) is 0 Å². The van der Waals surface area contributed by atoms with Gasteiger partial charge in [0.15, 0.2) is 6.79 Å². The second-order valence-corrected chi connectivity index (χ2v) is 4.55. The number of rotatable bonds is 1. The standard InChI is InChI=1S/C13H16FNO2/c14-10-4-5-12-9(7-16-8-17-12)13(10)11-3-1-2-6-15-11/h4-5,11,15H,1-3,6-8H2. The zero-order valence-electron chi connectivity index (χ0n) is 9.67. The Kier molecular flexibility index (Phi) is 2.99. The Labute approximate surface area is 99.9 Å². The van der Waals surface area contributed by atoms with Crippen molar-refractivity contribution in [3.05, 3.63) is 29.1 Å². The SMILES string of the molecule is Fc1ccc2c(c1C1CCCCN1)COCO2. The highest BCUT2D eigenvalue weighted by Crippen LogP contribution is 2.35. The Morgan fingerprint density at radius 2 is 2.24 bits per heavy atom. The molecule has 0 bridgehead atoms. The van der Waals surface area contributed by atoms with Crippen molar-refractivity contribution in [3.8, 4) is 5.75 Å². The van der Waals surface area contributed by atoms with Gasteiger partial charge in [0, 0.05) is 17.2 Å². The Balaban J connectivity index is 2.01. The summed E-state index contributed by atoms with van der Waals surface area (Å²) in [4.78, 5) is 0. The first-order valence-electron chi connectivity index (χ1n) is 6.11. The number of piperidine rings is 1. The van der Waals surface area contributed by atoms with Crippen LogP contribution in [0.25, 0.3) is 0 Å². The molecule has 1 unspecified atom stereocenters. The molecule has 2 heterocycles. The summed E-state index contributed by atoms with van der Waals surface area (Å²) in [6.45, 7) is 1.66. The van der Waals surface area contributed by atoms with Crippen LogP contribution in [0.1, 0.15) is 36.4 Å². The Bertz CT molecular complexity index is 416. The summed E-state index contributed by atoms with van der Waals surface area (Å²) >= 11 is 0. The number of halogens is 1. The van der Waals surface area contributed by atoms with Crippen molar-refractivity contribution in [2.24, 2.45) is 0 Å². The molecular formula is C13H16FNO2. The van der Waals surface area contributed by atoms with Gasteiger partial charge in [-0.3, -0.25) is 0 Å². The van der Waals surface area contributed by atoms with Gasteiger partial charge in [0.05, 0.1) is 6.61 Å². The van der Waals surface area contributed by atoms with Crippen molar-refractivity contribution in [2.75, 3.05) is 13.3 Å². The lowest BCUT2D eigenvalue weighted by Gasteiger charge is -2.28. The third-order valence-electron chi connectivity index (χ3n) is 3.46. The van der Waals surface area contributed by atoms with Gasteiger partial charge in [0.1, 0.15) is 11.6 Å². The molecule has 2 aliphatic rings. The largest absolute Gasteiger partial charge is 0.467 e. The summed E-state index contributed by atoms with van der Waals surface area (Å²) in [6.07, 6.45) is 3.29. The van der Waals surface area contributed by atoms with Gasteiger partial charge in [-0.25, -0.2) is 4.39 Å². The summed E-state index contributed by atoms with van der Waals surface area (Å²) in [6, 6.07) is 3.29. The summed E-state index contributed by atoms with van der Waals surface area (Å²) in [5.41, 5.74) is 1.61. The van der Waals surface area contributed by atoms with Crippen molar-refractivity contribution in [2.45, 2.75) is 31.9 Å². The van der Waals surface area contributed by atoms with Crippen LogP contribution in [-0.2, 0) is 11.3 Å². The number of nitrogens with one attached hydrogen (secondary N) is 1. The van der Waals surface area contributed by atoms with E-state index in [1.807, 2.05) is 0 Å². The zero-order valence-corrected chi connectivity index (χ0v) is 9.67. The minimum Gasteiger partial charge on any atom is -0.467 e. The van der Waals surface area contributed by atoms with Crippen molar-refractivity contribution >= 4 is 0 Å². The quantitative estimate of drug-likeness (QED) is 0.814. The predicted octanol–water partition coefficient (Wildman–Crippen LogP) is 2.51. The molecule has 0 saturated carbocycles. The Hall–Kier alpha value is -1.13. The average molecular weight is 237 g/mol. The Morgan fingerprint density at radius 1 is 1.29 bits per heavy atom. The molecule has 0 radical (unpaired) electrons. The molecule has 1 atom stereocenters. The monoisotopic (exact) mass is 237 g/mol. The van der Waals surface area contributed by atoms with Gasteiger partial charge in [-0.2, -0.15) is 0 Å². The first-order valence-corrected chi connectivity index (χ1v) is 6.11. The summed E-state index contributed by atoms with van der Waals surface area (Å²) in [7, 11) is 0. The first kappa shape index (κ1) is 11.0. The molecule has 3 rings (SSSR count). The summed E-state index contributed by atoms with van der Waals surface area (Å²) in [5.74, 6) is 0.609. The van der Waals surface area contributed by atoms with E-state index in [0.717, 1.165) is 36.3 Å². The van der Waals surface area contributed by atoms with E-state index < -0.39 is 0 Å². The molecule has 1 aromatic carbocycles. The summed E-state index contributed by atoms with van der Waals surface area (Å²) < 4.78 is 24.7. The van der Waals surface area contributed by atoms with E-state index in [9.17, 15) is 4.39 Å². The fourth-order valence-corrected chi connectivity index (χ4v) is 2.62. The van der Waals surface area contributed by atoms with E-state index in [-0.39, 0.29) is 18.7 Å². The molecule has 0 aromatic heterocycles. The predicted molar refractivity (Wildman–Crippen MR) is 61.3 cm³/mol. The summed E-state index contributed by atoms with van der Waals surface area (Å²) in [5, 5.41) is 3.38. The molecule has 1 aromatic rings. The molecule has 0 aliphatic carbocycles. The van der Waals surface area contributed by atoms with Crippen LogP contribution in [-0.4, -0.2) is 13.3 Å². The number of ether oxygens (including phenoxy) is 2. The van der Waals surface area contributed by atoms with Crippen molar-refractivity contribution < 1.29 is 13.9 Å². The van der Waals surface area contributed by atoms with Gasteiger partial charge in [-0.15, -0.1) is 0 Å². The lowest BCUT2D eigenvalue weighted by Crippen LogP contribution is -2.29. The molecule has 1 fully saturated rings. The maximum absolute atomic E-state index is 14.0. The highest BCUT2D eigenvalue weighted by atomic mass is 19.1. The third kappa shape index (κ3) is 2.03. The van der Waals surface area contributed by atoms with Gasteiger partial charge >= 0.3 is 0 Å². The second kappa shape index (κ2) is 4.63. The Morgan fingerprint density at radius 3 is 3.06 bits per heavy atom. The van der Waals surface area contributed by atoms with Crippen LogP contribution < -0.4 is 10.1 Å². The number of hydrogen-bond donors (Lipinski definition) is 1. The van der Waals surface area contributed by atoms with Crippen molar-refractivity contribution in [1.82, 2.24) is 5.32 Å². The van der Waals surface area contributed by atoms with E-state index in [1.165, 1.54) is 12.5 Å². The van der Waals surface area contributed by atoms with Gasteiger partial charge in [-0.1, -0.05) is 6.42 Å². The van der Waals surface area contributed by atoms with E-state index in [0.29, 0.717) is 6.61 Å². The minimum atomic E-state index is -0.155. The average Bonchev–Trinajstić information content (AvgIpc) is 2.39. The van der Waals surface area contributed by atoms with Crippen LogP contribution in [0.3, 0.4) is 0 Å². The molecule has 92 valence electrons. The fourth-order valence-electron chi connectivity index (χ4n) is 2.62. The minimum absolute atomic E-state index is 0.101. The molecule has 4 heteroatoms. The molecule has 3 nitrogen and oxygen atoms in total. The van der Waals surface area contributed by atoms with Gasteiger partial charge in [-0.05, 0) is 31.5 Å². The molecule has 2 aliphatic heterocycles. The molecular weight excluding hydrogens is 221 g/mol. The van der Waals surface area contributed by atoms with Crippen LogP contribution in [0, 0.1) is 5.82 Å². The topological polar surface area (TPSA) is 30.5 Å². The first-order chi connectivity index (χ1) is 8.36. The molecule has 17 heavy (non-hydrogen) atoms. The maximum atomic E-state index is 14.0. The molecule has 1 N–H and O–H groups in total. The molecule has 0 amide bonds. The second-order valence-electron chi connectivity index (χ2n) is 4.55. The zero-order chi connectivity index (χ0) is 11.7. The number of hydrogen-bond acceptors (Lipinski definition) is 3. The molecule has 0 spiro atoms. The van der Waals surface area contributed by atoms with Crippen LogP contribution in [0.5, 0.6) is 5.75 Å². The van der Waals surface area contributed by atoms with Crippen LogP contribution in [0.2, 0.25) is 0 Å². The lowest BCUT2D eigenvalue weighted by molar-refractivity contribution is -0.0174. The fraction of sp³-hybridized carbons (Fsp3) is 0.538. The van der Waals surface area contributed by atoms with E-state index in [2.05, 4.69) is 5.32 Å². The highest BCUT2D eigenvalue weighted by Gasteiger charge is 2.25. The lowest BCUT2D eigenvalue weighted by atomic mass is 9.92. The van der Waals surface area contributed by atoms with Crippen LogP contribution in [0.4, 0.5) is 4.39 Å². The smallest absolute Gasteiger partial charge is 0.189 e. The van der Waals surface area contributed by atoms with Gasteiger partial charge < -0.3 is 14.8 Å². The normalized spacial score (nSPS) is 23.9. The third-order valence-corrected chi connectivity index (χ3v) is 3.46. The van der Waals surface area contributed by atoms with Gasteiger partial charge in [0.2, 0.25) is 0 Å². The molecule has 1 saturated heterocycles. The van der Waals surface area contributed by atoms with E-state index in [4.69, 9.17) is 9.47 Å². The number of benzene rings is 1. The number of fused-ring (bicyclic) bond motifs is 1. The highest BCUT2D eigenvalue weighted by molar-refractivity contribution is 5.43. The van der Waals surface area contributed by atoms with E-state index >= 15 is 0 Å². The maximum Gasteiger partial charge on any atom is 0.189 e. The van der Waals surface area contributed by atoms with E-state index in [1.54, 1.807) is 6.07 Å². The van der Waals surface area contributed by atoms with Crippen molar-refractivity contribution in [3.63, 3.8) is 0 Å².